The number of aromatic nitrogens is 3. The third-order valence-corrected chi connectivity index (χ3v) is 5.27. The maximum absolute atomic E-state index is 13.1. The van der Waals surface area contributed by atoms with Crippen LogP contribution in [0.25, 0.3) is 11.0 Å². The minimum Gasteiger partial charge on any atom is -0.332 e. The molecule has 1 saturated heterocycles. The Kier molecular flexibility index (Phi) is 4.14. The van der Waals surface area contributed by atoms with Crippen LogP contribution in [0.2, 0.25) is 0 Å². The second-order valence-corrected chi connectivity index (χ2v) is 7.03. The summed E-state index contributed by atoms with van der Waals surface area (Å²) in [6.07, 6.45) is 3.25. The molecule has 7 heteroatoms. The molecule has 1 atom stereocenters. The van der Waals surface area contributed by atoms with Crippen LogP contribution < -0.4 is 11.2 Å². The molecule has 7 nitrogen and oxygen atoms in total. The van der Waals surface area contributed by atoms with E-state index in [1.54, 1.807) is 0 Å². The lowest BCUT2D eigenvalue weighted by Crippen LogP contribution is -2.31. The van der Waals surface area contributed by atoms with Crippen molar-refractivity contribution < 1.29 is 4.79 Å². The van der Waals surface area contributed by atoms with Crippen LogP contribution in [0.5, 0.6) is 0 Å². The highest BCUT2D eigenvalue weighted by atomic mass is 16.2. The van der Waals surface area contributed by atoms with Crippen molar-refractivity contribution in [3.63, 3.8) is 0 Å². The highest BCUT2D eigenvalue weighted by Crippen LogP contribution is 2.34. The van der Waals surface area contributed by atoms with E-state index in [0.29, 0.717) is 12.1 Å². The van der Waals surface area contributed by atoms with Crippen molar-refractivity contribution in [1.29, 1.82) is 0 Å². The number of aryl methyl sites for hydroxylation is 2. The monoisotopic (exact) mass is 364 g/mol. The van der Waals surface area contributed by atoms with E-state index in [1.165, 1.54) is 23.4 Å². The summed E-state index contributed by atoms with van der Waals surface area (Å²) in [5.74, 6) is -0.157. The first kappa shape index (κ1) is 17.2. The van der Waals surface area contributed by atoms with Crippen LogP contribution in [0, 0.1) is 13.8 Å². The number of fused-ring (bicyclic) bond motifs is 1. The molecule has 0 radical (unpaired) electrons. The highest BCUT2D eigenvalue weighted by Gasteiger charge is 2.31. The highest BCUT2D eigenvalue weighted by molar-refractivity contribution is 5.97. The molecule has 1 aromatic carbocycles. The normalized spacial score (nSPS) is 16.8. The molecule has 138 valence electrons. The Morgan fingerprint density at radius 2 is 1.96 bits per heavy atom. The second-order valence-electron chi connectivity index (χ2n) is 7.03. The lowest BCUT2D eigenvalue weighted by molar-refractivity contribution is 0.0735. The predicted octanol–water partition coefficient (Wildman–Crippen LogP) is 2.21. The maximum Gasteiger partial charge on any atom is 0.327 e. The molecule has 4 rings (SSSR count). The number of nitrogens with one attached hydrogen (secondary N) is 2. The lowest BCUT2D eigenvalue weighted by Gasteiger charge is -2.25. The van der Waals surface area contributed by atoms with Gasteiger partial charge in [0.2, 0.25) is 0 Å². The van der Waals surface area contributed by atoms with Crippen molar-refractivity contribution in [3.05, 3.63) is 73.6 Å². The van der Waals surface area contributed by atoms with E-state index in [1.807, 2.05) is 4.90 Å². The Labute approximate surface area is 155 Å². The van der Waals surface area contributed by atoms with Gasteiger partial charge in [-0.3, -0.25) is 19.6 Å². The molecule has 1 amide bonds. The van der Waals surface area contributed by atoms with Crippen molar-refractivity contribution in [2.75, 3.05) is 6.54 Å². The number of nitrogens with zero attached hydrogens (tertiary/aromatic N) is 2. The molecule has 3 aromatic rings. The standard InChI is InChI=1S/C20H20N4O3/c1-11-5-6-13(8-12(11)2)16-4-3-7-24(16)19(26)14-9-15-17(21-10-14)22-20(27)23-18(15)25/h5-6,8-10,16H,3-4,7H2,1-2H3,(H2,21,22,23,25,27). The van der Waals surface area contributed by atoms with Gasteiger partial charge in [0.25, 0.3) is 11.5 Å². The van der Waals surface area contributed by atoms with Crippen LogP contribution in [-0.2, 0) is 0 Å². The molecule has 1 aliphatic rings. The molecule has 0 bridgehead atoms. The summed E-state index contributed by atoms with van der Waals surface area (Å²) in [7, 11) is 0. The quantitative estimate of drug-likeness (QED) is 0.728. The number of rotatable bonds is 2. The first-order valence-electron chi connectivity index (χ1n) is 8.94. The Morgan fingerprint density at radius 3 is 2.74 bits per heavy atom. The van der Waals surface area contributed by atoms with Crippen LogP contribution in [0.3, 0.4) is 0 Å². The summed E-state index contributed by atoms with van der Waals surface area (Å²) in [6.45, 7) is 4.80. The predicted molar refractivity (Wildman–Crippen MR) is 102 cm³/mol. The number of amides is 1. The third kappa shape index (κ3) is 3.05. The zero-order valence-electron chi connectivity index (χ0n) is 15.2. The van der Waals surface area contributed by atoms with E-state index in [-0.39, 0.29) is 23.0 Å². The summed E-state index contributed by atoms with van der Waals surface area (Å²) >= 11 is 0. The molecule has 1 aliphatic heterocycles. The van der Waals surface area contributed by atoms with Gasteiger partial charge in [-0.05, 0) is 49.4 Å². The summed E-state index contributed by atoms with van der Waals surface area (Å²) < 4.78 is 0. The van der Waals surface area contributed by atoms with Gasteiger partial charge in [-0.15, -0.1) is 0 Å². The largest absolute Gasteiger partial charge is 0.332 e. The van der Waals surface area contributed by atoms with Gasteiger partial charge in [-0.1, -0.05) is 18.2 Å². The number of aromatic amines is 2. The molecule has 1 unspecified atom stereocenters. The Bertz CT molecular complexity index is 1160. The Morgan fingerprint density at radius 1 is 1.15 bits per heavy atom. The molecule has 2 N–H and O–H groups in total. The average molecular weight is 364 g/mol. The summed E-state index contributed by atoms with van der Waals surface area (Å²) in [5, 5.41) is 0.197. The fraction of sp³-hybridized carbons (Fsp3) is 0.300. The van der Waals surface area contributed by atoms with Gasteiger partial charge < -0.3 is 4.90 Å². The molecular formula is C20H20N4O3. The number of carbonyl (C=O) groups is 1. The first-order chi connectivity index (χ1) is 12.9. The number of H-pyrrole nitrogens is 2. The van der Waals surface area contributed by atoms with Gasteiger partial charge in [-0.25, -0.2) is 9.78 Å². The minimum atomic E-state index is -0.617. The van der Waals surface area contributed by atoms with Crippen LogP contribution in [0.15, 0.2) is 40.1 Å². The number of hydrogen-bond donors (Lipinski definition) is 2. The second kappa shape index (κ2) is 6.50. The van der Waals surface area contributed by atoms with Gasteiger partial charge in [0.05, 0.1) is 17.0 Å². The first-order valence-corrected chi connectivity index (χ1v) is 8.94. The molecule has 0 aliphatic carbocycles. The topological polar surface area (TPSA) is 98.9 Å². The van der Waals surface area contributed by atoms with E-state index in [4.69, 9.17) is 0 Å². The van der Waals surface area contributed by atoms with Crippen molar-refractivity contribution in [2.45, 2.75) is 32.7 Å². The van der Waals surface area contributed by atoms with Gasteiger partial charge in [0.1, 0.15) is 5.65 Å². The molecule has 0 spiro atoms. The lowest BCUT2D eigenvalue weighted by atomic mass is 9.99. The number of hydrogen-bond acceptors (Lipinski definition) is 4. The van der Waals surface area contributed by atoms with E-state index in [9.17, 15) is 14.4 Å². The van der Waals surface area contributed by atoms with Crippen LogP contribution >= 0.6 is 0 Å². The van der Waals surface area contributed by atoms with Gasteiger partial charge in [-0.2, -0.15) is 0 Å². The third-order valence-electron chi connectivity index (χ3n) is 5.27. The van der Waals surface area contributed by atoms with Gasteiger partial charge in [0.15, 0.2) is 0 Å². The number of likely N-dealkylation sites (tertiary alicyclic amines) is 1. The van der Waals surface area contributed by atoms with E-state index in [0.717, 1.165) is 18.4 Å². The minimum absolute atomic E-state index is 0.0151. The molecule has 27 heavy (non-hydrogen) atoms. The summed E-state index contributed by atoms with van der Waals surface area (Å²) in [6, 6.07) is 7.81. The molecule has 0 saturated carbocycles. The zero-order valence-corrected chi connectivity index (χ0v) is 15.2. The fourth-order valence-electron chi connectivity index (χ4n) is 3.66. The Balaban J connectivity index is 1.71. The van der Waals surface area contributed by atoms with E-state index < -0.39 is 11.2 Å². The summed E-state index contributed by atoms with van der Waals surface area (Å²) in [5.41, 5.74) is 2.90. The van der Waals surface area contributed by atoms with Crippen LogP contribution in [-0.4, -0.2) is 32.3 Å². The van der Waals surface area contributed by atoms with Gasteiger partial charge >= 0.3 is 5.69 Å². The molecule has 1 fully saturated rings. The molecule has 3 heterocycles. The van der Waals surface area contributed by atoms with E-state index in [2.05, 4.69) is 47.0 Å². The zero-order chi connectivity index (χ0) is 19.1. The number of carbonyl (C=O) groups excluding carboxylic acids is 1. The smallest absolute Gasteiger partial charge is 0.327 e. The molecule has 2 aromatic heterocycles. The Hall–Kier alpha value is -3.22. The van der Waals surface area contributed by atoms with Crippen molar-refractivity contribution in [2.24, 2.45) is 0 Å². The average Bonchev–Trinajstić information content (AvgIpc) is 3.13. The number of benzene rings is 1. The van der Waals surface area contributed by atoms with Crippen molar-refractivity contribution in [1.82, 2.24) is 19.9 Å². The SMILES string of the molecule is Cc1ccc(C2CCCN2C(=O)c2cnc3[nH]c(=O)[nH]c(=O)c3c2)cc1C. The van der Waals surface area contributed by atoms with Crippen LogP contribution in [0.4, 0.5) is 0 Å². The van der Waals surface area contributed by atoms with E-state index >= 15 is 0 Å². The summed E-state index contributed by atoms with van der Waals surface area (Å²) in [4.78, 5) is 47.0. The van der Waals surface area contributed by atoms with Gasteiger partial charge in [0, 0.05) is 12.7 Å². The van der Waals surface area contributed by atoms with Crippen LogP contribution in [0.1, 0.15) is 45.9 Å². The van der Waals surface area contributed by atoms with Crippen molar-refractivity contribution >= 4 is 16.9 Å². The number of pyridine rings is 1. The molecular weight excluding hydrogens is 344 g/mol. The fourth-order valence-corrected chi connectivity index (χ4v) is 3.66. The van der Waals surface area contributed by atoms with Crippen molar-refractivity contribution in [3.8, 4) is 0 Å². The maximum atomic E-state index is 13.1.